The Hall–Kier alpha value is -2.64. The summed E-state index contributed by atoms with van der Waals surface area (Å²) in [5.74, 6) is -1.29. The van der Waals surface area contributed by atoms with Crippen molar-refractivity contribution < 1.29 is 19.5 Å². The number of carboxylic acid groups (broad SMARTS) is 1. The molecule has 0 aliphatic heterocycles. The summed E-state index contributed by atoms with van der Waals surface area (Å²) in [5.41, 5.74) is 0.262. The summed E-state index contributed by atoms with van der Waals surface area (Å²) in [6.45, 7) is 0.248. The first-order valence-corrected chi connectivity index (χ1v) is 5.85. The fourth-order valence-corrected chi connectivity index (χ4v) is 1.34. The predicted octanol–water partition coefficient (Wildman–Crippen LogP) is 0.380. The molecule has 0 unspecified atom stereocenters. The fourth-order valence-electron chi connectivity index (χ4n) is 1.34. The molecule has 0 aliphatic carbocycles. The molecule has 8 nitrogen and oxygen atoms in total. The van der Waals surface area contributed by atoms with Crippen molar-refractivity contribution in [2.45, 2.75) is 6.42 Å². The Morgan fingerprint density at radius 2 is 2.05 bits per heavy atom. The molecule has 1 aromatic rings. The smallest absolute Gasteiger partial charge is 0.337 e. The molecule has 1 rings (SSSR count). The van der Waals surface area contributed by atoms with Gasteiger partial charge in [0.25, 0.3) is 0 Å². The second-order valence-corrected chi connectivity index (χ2v) is 4.04. The van der Waals surface area contributed by atoms with Crippen LogP contribution >= 0.6 is 0 Å². The average molecular weight is 280 g/mol. The van der Waals surface area contributed by atoms with E-state index in [1.807, 2.05) is 0 Å². The Bertz CT molecular complexity index is 518. The molecule has 1 heterocycles. The third-order valence-corrected chi connectivity index (χ3v) is 2.54. The molecule has 1 aromatic heterocycles. The second kappa shape index (κ2) is 7.07. The Kier molecular flexibility index (Phi) is 5.45. The summed E-state index contributed by atoms with van der Waals surface area (Å²) in [4.78, 5) is 38.7. The number of carboxylic acids is 1. The molecule has 0 bridgehead atoms. The van der Waals surface area contributed by atoms with Gasteiger partial charge in [0.15, 0.2) is 0 Å². The van der Waals surface area contributed by atoms with Gasteiger partial charge in [-0.25, -0.2) is 9.59 Å². The lowest BCUT2D eigenvalue weighted by Crippen LogP contribution is -2.34. The molecule has 0 fully saturated rings. The summed E-state index contributed by atoms with van der Waals surface area (Å²) in [6.07, 6.45) is 2.72. The lowest BCUT2D eigenvalue weighted by atomic mass is 10.2. The highest BCUT2D eigenvalue weighted by Gasteiger charge is 2.11. The molecule has 20 heavy (non-hydrogen) atoms. The van der Waals surface area contributed by atoms with Gasteiger partial charge in [-0.05, 0) is 6.07 Å². The number of hydrogen-bond donors (Lipinski definition) is 3. The number of pyridine rings is 1. The average Bonchev–Trinajstić information content (AvgIpc) is 2.44. The normalized spacial score (nSPS) is 9.70. The van der Waals surface area contributed by atoms with Crippen molar-refractivity contribution in [1.29, 1.82) is 0 Å². The highest BCUT2D eigenvalue weighted by atomic mass is 16.4. The van der Waals surface area contributed by atoms with Crippen LogP contribution in [0.2, 0.25) is 0 Å². The van der Waals surface area contributed by atoms with Crippen LogP contribution in [0, 0.1) is 0 Å². The number of aromatic carboxylic acids is 1. The van der Waals surface area contributed by atoms with E-state index in [-0.39, 0.29) is 30.1 Å². The van der Waals surface area contributed by atoms with Gasteiger partial charge >= 0.3 is 12.0 Å². The van der Waals surface area contributed by atoms with Gasteiger partial charge in [0.05, 0.1) is 17.4 Å². The molecule has 0 spiro atoms. The van der Waals surface area contributed by atoms with E-state index in [1.54, 1.807) is 0 Å². The van der Waals surface area contributed by atoms with Crippen molar-refractivity contribution in [2.75, 3.05) is 26.0 Å². The number of nitrogens with one attached hydrogen (secondary N) is 2. The van der Waals surface area contributed by atoms with E-state index >= 15 is 0 Å². The van der Waals surface area contributed by atoms with Gasteiger partial charge in [0.1, 0.15) is 0 Å². The molecular formula is C12H16N4O4. The highest BCUT2D eigenvalue weighted by molar-refractivity contribution is 5.92. The van der Waals surface area contributed by atoms with Crippen LogP contribution < -0.4 is 10.6 Å². The van der Waals surface area contributed by atoms with Gasteiger partial charge in [-0.15, -0.1) is 0 Å². The zero-order chi connectivity index (χ0) is 15.1. The van der Waals surface area contributed by atoms with Crippen LogP contribution in [0.3, 0.4) is 0 Å². The van der Waals surface area contributed by atoms with Crippen LogP contribution in [-0.4, -0.2) is 53.5 Å². The number of carbonyl (C=O) groups excluding carboxylic acids is 2. The summed E-state index contributed by atoms with van der Waals surface area (Å²) in [5, 5.41) is 13.8. The maximum Gasteiger partial charge on any atom is 0.337 e. The first-order valence-electron chi connectivity index (χ1n) is 5.85. The van der Waals surface area contributed by atoms with Crippen LogP contribution in [0.5, 0.6) is 0 Å². The largest absolute Gasteiger partial charge is 0.478 e. The van der Waals surface area contributed by atoms with E-state index in [1.165, 1.54) is 37.5 Å². The minimum atomic E-state index is -1.12. The van der Waals surface area contributed by atoms with Crippen LogP contribution in [-0.2, 0) is 4.79 Å². The summed E-state index contributed by atoms with van der Waals surface area (Å²) in [7, 11) is 3.05. The van der Waals surface area contributed by atoms with Crippen LogP contribution in [0.15, 0.2) is 18.5 Å². The van der Waals surface area contributed by atoms with Crippen molar-refractivity contribution in [1.82, 2.24) is 15.2 Å². The van der Waals surface area contributed by atoms with Crippen molar-refractivity contribution in [2.24, 2.45) is 0 Å². The maximum atomic E-state index is 11.8. The Morgan fingerprint density at radius 3 is 2.65 bits per heavy atom. The van der Waals surface area contributed by atoms with Crippen molar-refractivity contribution in [3.63, 3.8) is 0 Å². The number of nitrogens with zero attached hydrogens (tertiary/aromatic N) is 2. The summed E-state index contributed by atoms with van der Waals surface area (Å²) < 4.78 is 0. The van der Waals surface area contributed by atoms with E-state index in [9.17, 15) is 14.4 Å². The lowest BCUT2D eigenvalue weighted by molar-refractivity contribution is -0.120. The van der Waals surface area contributed by atoms with Crippen LogP contribution in [0.1, 0.15) is 16.8 Å². The number of urea groups is 1. The Morgan fingerprint density at radius 1 is 1.35 bits per heavy atom. The molecular weight excluding hydrogens is 264 g/mol. The summed E-state index contributed by atoms with van der Waals surface area (Å²) in [6, 6.07) is 0.859. The number of carbonyl (C=O) groups is 3. The molecule has 108 valence electrons. The topological polar surface area (TPSA) is 112 Å². The highest BCUT2D eigenvalue weighted by Crippen LogP contribution is 2.09. The van der Waals surface area contributed by atoms with E-state index in [0.717, 1.165) is 0 Å². The Balaban J connectivity index is 2.59. The molecule has 0 aromatic carbocycles. The van der Waals surface area contributed by atoms with Gasteiger partial charge in [-0.1, -0.05) is 0 Å². The third-order valence-electron chi connectivity index (χ3n) is 2.54. The van der Waals surface area contributed by atoms with Crippen molar-refractivity contribution >= 4 is 23.6 Å². The zero-order valence-corrected chi connectivity index (χ0v) is 11.2. The first-order chi connectivity index (χ1) is 9.43. The minimum absolute atomic E-state index is 0.0178. The lowest BCUT2D eigenvalue weighted by Gasteiger charge is -2.17. The van der Waals surface area contributed by atoms with Crippen molar-refractivity contribution in [3.05, 3.63) is 24.0 Å². The number of rotatable bonds is 5. The van der Waals surface area contributed by atoms with Gasteiger partial charge in [0, 0.05) is 33.3 Å². The summed E-state index contributed by atoms with van der Waals surface area (Å²) >= 11 is 0. The van der Waals surface area contributed by atoms with E-state index in [2.05, 4.69) is 15.6 Å². The minimum Gasteiger partial charge on any atom is -0.478 e. The van der Waals surface area contributed by atoms with Gasteiger partial charge in [-0.2, -0.15) is 0 Å². The predicted molar refractivity (Wildman–Crippen MR) is 71.5 cm³/mol. The van der Waals surface area contributed by atoms with Crippen LogP contribution in [0.25, 0.3) is 0 Å². The molecule has 3 N–H and O–H groups in total. The number of hydrogen-bond acceptors (Lipinski definition) is 4. The molecule has 0 atom stereocenters. The van der Waals surface area contributed by atoms with Crippen molar-refractivity contribution in [3.8, 4) is 0 Å². The van der Waals surface area contributed by atoms with Gasteiger partial charge < -0.3 is 20.6 Å². The molecule has 0 saturated heterocycles. The standard InChI is InChI=1S/C12H16N4O4/c1-13-10(17)3-4-16(2)12(20)15-9-5-8(11(18)19)6-14-7-9/h5-7H,3-4H2,1-2H3,(H,13,17)(H,15,20)(H,18,19). The molecule has 3 amide bonds. The SMILES string of the molecule is CNC(=O)CCN(C)C(=O)Nc1cncc(C(=O)O)c1. The number of anilines is 1. The molecule has 8 heteroatoms. The van der Waals surface area contributed by atoms with E-state index < -0.39 is 12.0 Å². The van der Waals surface area contributed by atoms with Gasteiger partial charge in [-0.3, -0.25) is 9.78 Å². The number of aromatic nitrogens is 1. The van der Waals surface area contributed by atoms with Crippen LogP contribution in [0.4, 0.5) is 10.5 Å². The van der Waals surface area contributed by atoms with E-state index in [4.69, 9.17) is 5.11 Å². The Labute approximate surface area is 115 Å². The molecule has 0 radical (unpaired) electrons. The third kappa shape index (κ3) is 4.56. The molecule has 0 aliphatic rings. The quantitative estimate of drug-likeness (QED) is 0.722. The molecule has 0 saturated carbocycles. The fraction of sp³-hybridized carbons (Fsp3) is 0.333. The van der Waals surface area contributed by atoms with Gasteiger partial charge in [0.2, 0.25) is 5.91 Å². The number of amides is 3. The van der Waals surface area contributed by atoms with E-state index in [0.29, 0.717) is 0 Å². The first kappa shape index (κ1) is 15.4. The second-order valence-electron chi connectivity index (χ2n) is 4.04. The maximum absolute atomic E-state index is 11.8. The monoisotopic (exact) mass is 280 g/mol. The zero-order valence-electron chi connectivity index (χ0n) is 11.2.